The molecule has 0 aliphatic carbocycles. The summed E-state index contributed by atoms with van der Waals surface area (Å²) >= 11 is 11.5. The summed E-state index contributed by atoms with van der Waals surface area (Å²) in [5, 5.41) is 0.962. The van der Waals surface area contributed by atoms with Crippen molar-refractivity contribution in [3.8, 4) is 0 Å². The van der Waals surface area contributed by atoms with Gasteiger partial charge in [0.1, 0.15) is 5.82 Å². The molecule has 0 saturated heterocycles. The summed E-state index contributed by atoms with van der Waals surface area (Å²) in [4.78, 5) is 1.08. The Morgan fingerprint density at radius 2 is 1.85 bits per heavy atom. The van der Waals surface area contributed by atoms with Crippen LogP contribution in [0.15, 0.2) is 53.0 Å². The van der Waals surface area contributed by atoms with E-state index in [1.54, 1.807) is 23.5 Å². The Morgan fingerprint density at radius 1 is 1.10 bits per heavy atom. The van der Waals surface area contributed by atoms with E-state index in [-0.39, 0.29) is 11.2 Å². The van der Waals surface area contributed by atoms with Gasteiger partial charge < -0.3 is 0 Å². The maximum atomic E-state index is 13.2. The zero-order chi connectivity index (χ0) is 14.1. The zero-order valence-corrected chi connectivity index (χ0v) is 13.6. The number of benzene rings is 2. The van der Waals surface area contributed by atoms with Crippen LogP contribution in [0, 0.1) is 5.82 Å². The van der Waals surface area contributed by atoms with Crippen LogP contribution in [0.25, 0.3) is 10.1 Å². The van der Waals surface area contributed by atoms with Crippen LogP contribution >= 0.6 is 38.9 Å². The van der Waals surface area contributed by atoms with Gasteiger partial charge in [0.25, 0.3) is 0 Å². The first kappa shape index (κ1) is 14.1. The van der Waals surface area contributed by atoms with Crippen LogP contribution in [-0.2, 0) is 6.42 Å². The van der Waals surface area contributed by atoms with Gasteiger partial charge in [-0.25, -0.2) is 4.39 Å². The number of hydrogen-bond donors (Lipinski definition) is 0. The van der Waals surface area contributed by atoms with Crippen molar-refractivity contribution in [2.24, 2.45) is 0 Å². The van der Waals surface area contributed by atoms with Crippen molar-refractivity contribution in [2.45, 2.75) is 11.8 Å². The molecule has 0 N–H and O–H groups in total. The molecule has 102 valence electrons. The molecule has 0 spiro atoms. The minimum atomic E-state index is -0.204. The fraction of sp³-hybridized carbons (Fsp3) is 0.125. The Labute approximate surface area is 134 Å². The average molecular weight is 370 g/mol. The lowest BCUT2D eigenvalue weighted by Gasteiger charge is -2.07. The molecule has 2 aromatic carbocycles. The quantitative estimate of drug-likeness (QED) is 0.473. The Morgan fingerprint density at radius 3 is 2.60 bits per heavy atom. The number of halogens is 3. The van der Waals surface area contributed by atoms with Crippen LogP contribution in [0.4, 0.5) is 4.39 Å². The van der Waals surface area contributed by atoms with Gasteiger partial charge in [0, 0.05) is 14.0 Å². The number of hydrogen-bond acceptors (Lipinski definition) is 1. The van der Waals surface area contributed by atoms with E-state index in [4.69, 9.17) is 11.6 Å². The third kappa shape index (κ3) is 3.05. The first-order valence-corrected chi connectivity index (χ1v) is 8.24. The van der Waals surface area contributed by atoms with Gasteiger partial charge in [-0.05, 0) is 47.7 Å². The SMILES string of the molecule is Fc1ccc2cc(C(Cl)Cc3ccc(Br)cc3)sc2c1. The Kier molecular flexibility index (Phi) is 4.11. The molecule has 3 rings (SSSR count). The normalized spacial score (nSPS) is 12.8. The van der Waals surface area contributed by atoms with Gasteiger partial charge in [-0.2, -0.15) is 0 Å². The van der Waals surface area contributed by atoms with E-state index in [9.17, 15) is 4.39 Å². The standard InChI is InChI=1S/C16H11BrClFS/c17-12-4-1-10(2-5-12)7-14(18)16-8-11-3-6-13(19)9-15(11)20-16/h1-6,8-9,14H,7H2. The second-order valence-corrected chi connectivity index (χ2v) is 7.19. The molecule has 0 aliphatic heterocycles. The molecule has 1 unspecified atom stereocenters. The van der Waals surface area contributed by atoms with Crippen LogP contribution in [0.2, 0.25) is 0 Å². The topological polar surface area (TPSA) is 0 Å². The van der Waals surface area contributed by atoms with Crippen molar-refractivity contribution < 1.29 is 4.39 Å². The van der Waals surface area contributed by atoms with Gasteiger partial charge in [0.05, 0.1) is 5.38 Å². The largest absolute Gasteiger partial charge is 0.207 e. The number of fused-ring (bicyclic) bond motifs is 1. The second-order valence-electron chi connectivity index (χ2n) is 4.63. The average Bonchev–Trinajstić information content (AvgIpc) is 2.84. The highest BCUT2D eigenvalue weighted by Crippen LogP contribution is 2.35. The molecule has 0 nitrogen and oxygen atoms in total. The van der Waals surface area contributed by atoms with E-state index in [1.165, 1.54) is 11.6 Å². The predicted octanol–water partition coefficient (Wildman–Crippen LogP) is 6.33. The molecule has 1 heterocycles. The summed E-state index contributed by atoms with van der Waals surface area (Å²) in [5.74, 6) is -0.204. The summed E-state index contributed by atoms with van der Waals surface area (Å²) < 4.78 is 15.2. The molecular formula is C16H11BrClFS. The lowest BCUT2D eigenvalue weighted by Crippen LogP contribution is -1.92. The van der Waals surface area contributed by atoms with Crippen LogP contribution in [0.1, 0.15) is 15.8 Å². The smallest absolute Gasteiger partial charge is 0.124 e. The molecule has 3 aromatic rings. The van der Waals surface area contributed by atoms with E-state index in [1.807, 2.05) is 12.1 Å². The minimum absolute atomic E-state index is 0.0864. The number of thiophene rings is 1. The van der Waals surface area contributed by atoms with Gasteiger partial charge in [0.15, 0.2) is 0 Å². The monoisotopic (exact) mass is 368 g/mol. The van der Waals surface area contributed by atoms with Crippen molar-refractivity contribution in [3.05, 3.63) is 69.3 Å². The lowest BCUT2D eigenvalue weighted by molar-refractivity contribution is 0.630. The molecule has 1 atom stereocenters. The summed E-state index contributed by atoms with van der Waals surface area (Å²) in [6.45, 7) is 0. The molecule has 0 aliphatic rings. The van der Waals surface area contributed by atoms with Gasteiger partial charge in [-0.3, -0.25) is 0 Å². The fourth-order valence-electron chi connectivity index (χ4n) is 2.11. The third-order valence-corrected chi connectivity index (χ3v) is 5.40. The van der Waals surface area contributed by atoms with E-state index in [2.05, 4.69) is 34.1 Å². The Bertz CT molecular complexity index is 736. The fourth-order valence-corrected chi connectivity index (χ4v) is 3.81. The van der Waals surface area contributed by atoms with Crippen LogP contribution < -0.4 is 0 Å². The van der Waals surface area contributed by atoms with Gasteiger partial charge in [-0.1, -0.05) is 34.1 Å². The molecule has 0 fully saturated rings. The predicted molar refractivity (Wildman–Crippen MR) is 88.2 cm³/mol. The highest BCUT2D eigenvalue weighted by Gasteiger charge is 2.13. The van der Waals surface area contributed by atoms with Crippen LogP contribution in [0.3, 0.4) is 0 Å². The van der Waals surface area contributed by atoms with E-state index >= 15 is 0 Å². The minimum Gasteiger partial charge on any atom is -0.207 e. The first-order valence-electron chi connectivity index (χ1n) is 6.19. The molecule has 0 saturated carbocycles. The maximum Gasteiger partial charge on any atom is 0.124 e. The number of alkyl halides is 1. The molecule has 20 heavy (non-hydrogen) atoms. The highest BCUT2D eigenvalue weighted by molar-refractivity contribution is 9.10. The summed E-state index contributed by atoms with van der Waals surface area (Å²) in [5.41, 5.74) is 1.19. The lowest BCUT2D eigenvalue weighted by atomic mass is 10.1. The molecule has 1 aromatic heterocycles. The zero-order valence-electron chi connectivity index (χ0n) is 10.4. The summed E-state index contributed by atoms with van der Waals surface area (Å²) in [6, 6.07) is 15.0. The summed E-state index contributed by atoms with van der Waals surface area (Å²) in [6.07, 6.45) is 0.768. The van der Waals surface area contributed by atoms with Crippen molar-refractivity contribution in [3.63, 3.8) is 0 Å². The van der Waals surface area contributed by atoms with E-state index in [0.717, 1.165) is 25.9 Å². The third-order valence-electron chi connectivity index (χ3n) is 3.14. The van der Waals surface area contributed by atoms with Crippen LogP contribution in [-0.4, -0.2) is 0 Å². The molecule has 0 radical (unpaired) electrons. The Hall–Kier alpha value is -0.900. The maximum absolute atomic E-state index is 13.2. The van der Waals surface area contributed by atoms with Crippen molar-refractivity contribution in [2.75, 3.05) is 0 Å². The van der Waals surface area contributed by atoms with Crippen molar-refractivity contribution in [1.29, 1.82) is 0 Å². The molecular weight excluding hydrogens is 359 g/mol. The molecule has 4 heteroatoms. The van der Waals surface area contributed by atoms with Gasteiger partial charge >= 0.3 is 0 Å². The summed E-state index contributed by atoms with van der Waals surface area (Å²) in [7, 11) is 0. The second kappa shape index (κ2) is 5.84. The Balaban J connectivity index is 1.84. The van der Waals surface area contributed by atoms with Crippen LogP contribution in [0.5, 0.6) is 0 Å². The number of rotatable bonds is 3. The van der Waals surface area contributed by atoms with Crippen molar-refractivity contribution >= 4 is 49.0 Å². The van der Waals surface area contributed by atoms with Gasteiger partial charge in [0.2, 0.25) is 0 Å². The van der Waals surface area contributed by atoms with Crippen molar-refractivity contribution in [1.82, 2.24) is 0 Å². The first-order chi connectivity index (χ1) is 9.61. The van der Waals surface area contributed by atoms with E-state index < -0.39 is 0 Å². The molecule has 0 amide bonds. The highest BCUT2D eigenvalue weighted by atomic mass is 79.9. The molecule has 0 bridgehead atoms. The van der Waals surface area contributed by atoms with Gasteiger partial charge in [-0.15, -0.1) is 22.9 Å². The van der Waals surface area contributed by atoms with E-state index in [0.29, 0.717) is 0 Å².